The predicted octanol–water partition coefficient (Wildman–Crippen LogP) is 2.08. The Bertz CT molecular complexity index is 421. The Labute approximate surface area is 133 Å². The Morgan fingerprint density at radius 3 is 2.32 bits per heavy atom. The molecule has 1 fully saturated rings. The van der Waals surface area contributed by atoms with Crippen LogP contribution in [0.1, 0.15) is 60.3 Å². The molecule has 0 aromatic heterocycles. The van der Waals surface area contributed by atoms with Gasteiger partial charge in [-0.2, -0.15) is 0 Å². The molecule has 0 heterocycles. The van der Waals surface area contributed by atoms with E-state index in [0.29, 0.717) is 32.3 Å². The molecule has 0 radical (unpaired) electrons. The number of carbonyl (C=O) groups is 2. The Morgan fingerprint density at radius 1 is 1.23 bits per heavy atom. The van der Waals surface area contributed by atoms with Crippen molar-refractivity contribution in [1.29, 1.82) is 0 Å². The van der Waals surface area contributed by atoms with Gasteiger partial charge in [0.25, 0.3) is 0 Å². The number of hydrogen-bond acceptors (Lipinski definition) is 5. The van der Waals surface area contributed by atoms with Crippen molar-refractivity contribution in [3.05, 3.63) is 0 Å². The summed E-state index contributed by atoms with van der Waals surface area (Å²) >= 11 is 0. The number of aliphatic hydroxyl groups is 2. The molecule has 0 aliphatic heterocycles. The van der Waals surface area contributed by atoms with Gasteiger partial charge in [0.1, 0.15) is 5.60 Å². The SMILES string of the molecule is CC(C)(O)C(=O)[C@]1(C)CC[C@H](C(=O)OCCCCO)C1(C)C. The zero-order valence-corrected chi connectivity index (χ0v) is 14.4. The highest BCUT2D eigenvalue weighted by Gasteiger charge is 2.60. The first-order valence-corrected chi connectivity index (χ1v) is 8.03. The van der Waals surface area contributed by atoms with Crippen molar-refractivity contribution in [2.75, 3.05) is 13.2 Å². The van der Waals surface area contributed by atoms with E-state index in [-0.39, 0.29) is 24.3 Å². The Kier molecular flexibility index (Phi) is 5.79. The van der Waals surface area contributed by atoms with Gasteiger partial charge in [0.05, 0.1) is 12.5 Å². The topological polar surface area (TPSA) is 83.8 Å². The number of ether oxygens (including phenoxy) is 1. The van der Waals surface area contributed by atoms with Gasteiger partial charge >= 0.3 is 5.97 Å². The number of esters is 1. The van der Waals surface area contributed by atoms with E-state index in [1.165, 1.54) is 13.8 Å². The van der Waals surface area contributed by atoms with E-state index in [1.807, 2.05) is 20.8 Å². The van der Waals surface area contributed by atoms with Crippen molar-refractivity contribution >= 4 is 11.8 Å². The number of rotatable bonds is 7. The second kappa shape index (κ2) is 6.67. The molecule has 5 nitrogen and oxygen atoms in total. The monoisotopic (exact) mass is 314 g/mol. The van der Waals surface area contributed by atoms with Crippen molar-refractivity contribution in [3.63, 3.8) is 0 Å². The van der Waals surface area contributed by atoms with E-state index in [0.717, 1.165) is 0 Å². The molecular weight excluding hydrogens is 284 g/mol. The third-order valence-electron chi connectivity index (χ3n) is 5.36. The first-order valence-electron chi connectivity index (χ1n) is 8.03. The molecule has 5 heteroatoms. The number of unbranched alkanes of at least 4 members (excludes halogenated alkanes) is 1. The molecule has 1 aliphatic rings. The van der Waals surface area contributed by atoms with E-state index >= 15 is 0 Å². The maximum absolute atomic E-state index is 12.6. The van der Waals surface area contributed by atoms with Crippen LogP contribution < -0.4 is 0 Å². The van der Waals surface area contributed by atoms with Gasteiger partial charge < -0.3 is 14.9 Å². The fraction of sp³-hybridized carbons (Fsp3) is 0.882. The average molecular weight is 314 g/mol. The molecule has 0 spiro atoms. The Hall–Kier alpha value is -0.940. The van der Waals surface area contributed by atoms with E-state index in [4.69, 9.17) is 9.84 Å². The van der Waals surface area contributed by atoms with Crippen molar-refractivity contribution in [2.45, 2.75) is 65.9 Å². The summed E-state index contributed by atoms with van der Waals surface area (Å²) in [5.41, 5.74) is -2.73. The Balaban J connectivity index is 2.82. The summed E-state index contributed by atoms with van der Waals surface area (Å²) in [4.78, 5) is 25.0. The van der Waals surface area contributed by atoms with Crippen molar-refractivity contribution in [3.8, 4) is 0 Å². The lowest BCUT2D eigenvalue weighted by molar-refractivity contribution is -0.158. The fourth-order valence-corrected chi connectivity index (χ4v) is 3.48. The highest BCUT2D eigenvalue weighted by Crippen LogP contribution is 2.57. The predicted molar refractivity (Wildman–Crippen MR) is 83.2 cm³/mol. The molecule has 1 saturated carbocycles. The molecule has 2 atom stereocenters. The van der Waals surface area contributed by atoms with Crippen molar-refractivity contribution in [1.82, 2.24) is 0 Å². The molecule has 0 unspecified atom stereocenters. The quantitative estimate of drug-likeness (QED) is 0.555. The summed E-state index contributed by atoms with van der Waals surface area (Å²) in [7, 11) is 0. The van der Waals surface area contributed by atoms with Crippen LogP contribution >= 0.6 is 0 Å². The van der Waals surface area contributed by atoms with Crippen LogP contribution in [-0.4, -0.2) is 40.8 Å². The third-order valence-corrected chi connectivity index (χ3v) is 5.36. The summed E-state index contributed by atoms with van der Waals surface area (Å²) in [6, 6.07) is 0. The lowest BCUT2D eigenvalue weighted by Crippen LogP contribution is -2.50. The van der Waals surface area contributed by atoms with Crippen LogP contribution in [0.4, 0.5) is 0 Å². The summed E-state index contributed by atoms with van der Waals surface area (Å²) in [5, 5.41) is 18.8. The highest BCUT2D eigenvalue weighted by atomic mass is 16.5. The third kappa shape index (κ3) is 3.51. The molecule has 1 rings (SSSR count). The number of Topliss-reactive ketones (excluding diaryl/α,β-unsaturated/α-hetero) is 1. The number of ketones is 1. The fourth-order valence-electron chi connectivity index (χ4n) is 3.48. The molecule has 0 aromatic rings. The largest absolute Gasteiger partial charge is 0.465 e. The second-order valence-electron chi connectivity index (χ2n) is 7.63. The lowest BCUT2D eigenvalue weighted by Gasteiger charge is -2.42. The number of carbonyl (C=O) groups excluding carboxylic acids is 2. The van der Waals surface area contributed by atoms with Crippen LogP contribution in [0.2, 0.25) is 0 Å². The van der Waals surface area contributed by atoms with Crippen LogP contribution in [-0.2, 0) is 14.3 Å². The van der Waals surface area contributed by atoms with E-state index in [9.17, 15) is 14.7 Å². The van der Waals surface area contributed by atoms with E-state index in [2.05, 4.69) is 0 Å². The summed E-state index contributed by atoms with van der Waals surface area (Å²) in [5.74, 6) is -0.853. The first-order chi connectivity index (χ1) is 9.98. The molecule has 0 amide bonds. The molecule has 128 valence electrons. The zero-order valence-electron chi connectivity index (χ0n) is 14.4. The van der Waals surface area contributed by atoms with Gasteiger partial charge in [-0.3, -0.25) is 9.59 Å². The second-order valence-corrected chi connectivity index (χ2v) is 7.63. The maximum atomic E-state index is 12.6. The molecule has 22 heavy (non-hydrogen) atoms. The van der Waals surface area contributed by atoms with Gasteiger partial charge in [0.15, 0.2) is 5.78 Å². The van der Waals surface area contributed by atoms with Gasteiger partial charge in [-0.1, -0.05) is 20.8 Å². The smallest absolute Gasteiger partial charge is 0.309 e. The van der Waals surface area contributed by atoms with Crippen molar-refractivity contribution in [2.24, 2.45) is 16.7 Å². The Morgan fingerprint density at radius 2 is 1.82 bits per heavy atom. The van der Waals surface area contributed by atoms with Crippen LogP contribution in [0.15, 0.2) is 0 Å². The molecule has 2 N–H and O–H groups in total. The number of hydrogen-bond donors (Lipinski definition) is 2. The minimum atomic E-state index is -1.41. The molecular formula is C17H30O5. The molecule has 1 aliphatic carbocycles. The number of aliphatic hydroxyl groups excluding tert-OH is 1. The summed E-state index contributed by atoms with van der Waals surface area (Å²) < 4.78 is 5.30. The van der Waals surface area contributed by atoms with Crippen LogP contribution in [0, 0.1) is 16.7 Å². The molecule has 0 bridgehead atoms. The van der Waals surface area contributed by atoms with E-state index in [1.54, 1.807) is 0 Å². The standard InChI is InChI=1S/C17H30O5/c1-15(2)12(13(19)22-11-7-6-10-18)8-9-17(15,5)14(20)16(3,4)21/h12,18,21H,6-11H2,1-5H3/t12-,17+/m1/s1. The minimum Gasteiger partial charge on any atom is -0.465 e. The maximum Gasteiger partial charge on any atom is 0.309 e. The average Bonchev–Trinajstić information content (AvgIpc) is 2.64. The van der Waals surface area contributed by atoms with Crippen LogP contribution in [0.25, 0.3) is 0 Å². The van der Waals surface area contributed by atoms with Gasteiger partial charge in [-0.15, -0.1) is 0 Å². The zero-order chi connectivity index (χ0) is 17.2. The van der Waals surface area contributed by atoms with Crippen LogP contribution in [0.5, 0.6) is 0 Å². The highest BCUT2D eigenvalue weighted by molar-refractivity contribution is 5.93. The molecule has 0 aromatic carbocycles. The first kappa shape index (κ1) is 19.1. The van der Waals surface area contributed by atoms with Gasteiger partial charge in [0.2, 0.25) is 0 Å². The summed E-state index contributed by atoms with van der Waals surface area (Å²) in [6.07, 6.45) is 2.40. The summed E-state index contributed by atoms with van der Waals surface area (Å²) in [6.45, 7) is 9.03. The lowest BCUT2D eigenvalue weighted by atomic mass is 9.61. The van der Waals surface area contributed by atoms with E-state index < -0.39 is 16.4 Å². The van der Waals surface area contributed by atoms with Gasteiger partial charge in [-0.25, -0.2) is 0 Å². The molecule has 0 saturated heterocycles. The van der Waals surface area contributed by atoms with Gasteiger partial charge in [0, 0.05) is 12.0 Å². The van der Waals surface area contributed by atoms with Crippen LogP contribution in [0.3, 0.4) is 0 Å². The van der Waals surface area contributed by atoms with Crippen molar-refractivity contribution < 1.29 is 24.5 Å². The van der Waals surface area contributed by atoms with Gasteiger partial charge in [-0.05, 0) is 44.9 Å². The minimum absolute atomic E-state index is 0.0879. The normalized spacial score (nSPS) is 27.7.